The number of carbonyl (C=O) groups is 1. The Balaban J connectivity index is 1.06. The van der Waals surface area contributed by atoms with E-state index in [0.717, 1.165) is 66.6 Å². The molecule has 1 aromatic rings. The molecule has 0 bridgehead atoms. The lowest BCUT2D eigenvalue weighted by Crippen LogP contribution is -2.53. The van der Waals surface area contributed by atoms with Crippen LogP contribution in [0.3, 0.4) is 0 Å². The summed E-state index contributed by atoms with van der Waals surface area (Å²) in [5.41, 5.74) is 1.19. The van der Waals surface area contributed by atoms with Crippen molar-refractivity contribution in [3.8, 4) is 0 Å². The van der Waals surface area contributed by atoms with Crippen molar-refractivity contribution >= 4 is 12.0 Å². The summed E-state index contributed by atoms with van der Waals surface area (Å²) in [6.07, 6.45) is 20.3. The van der Waals surface area contributed by atoms with E-state index < -0.39 is 23.4 Å². The molecule has 41 heavy (non-hydrogen) atoms. The van der Waals surface area contributed by atoms with Gasteiger partial charge in [-0.15, -0.1) is 0 Å². The van der Waals surface area contributed by atoms with E-state index in [4.69, 9.17) is 4.74 Å². The number of rotatable bonds is 9. The van der Waals surface area contributed by atoms with Gasteiger partial charge < -0.3 is 4.74 Å². The van der Waals surface area contributed by atoms with Crippen molar-refractivity contribution in [2.75, 3.05) is 6.61 Å². The van der Waals surface area contributed by atoms with Gasteiger partial charge in [0.05, 0.1) is 6.61 Å². The van der Waals surface area contributed by atoms with Crippen LogP contribution in [0.25, 0.3) is 6.08 Å². The van der Waals surface area contributed by atoms with Gasteiger partial charge in [-0.1, -0.05) is 53.4 Å². The van der Waals surface area contributed by atoms with E-state index in [1.807, 2.05) is 0 Å². The summed E-state index contributed by atoms with van der Waals surface area (Å²) >= 11 is 0. The molecule has 0 radical (unpaired) electrons. The van der Waals surface area contributed by atoms with Crippen LogP contribution in [0.4, 0.5) is 13.2 Å². The van der Waals surface area contributed by atoms with E-state index in [1.54, 1.807) is 0 Å². The first-order chi connectivity index (χ1) is 19.5. The maximum atomic E-state index is 13.4. The quantitative estimate of drug-likeness (QED) is 0.167. The fourth-order valence-corrected chi connectivity index (χ4v) is 10.5. The fraction of sp³-hybridized carbons (Fsp3) is 0.750. The molecule has 1 aromatic carbocycles. The summed E-state index contributed by atoms with van der Waals surface area (Å²) in [5.74, 6) is 0.969. The maximum Gasteiger partial charge on any atom is 0.330 e. The van der Waals surface area contributed by atoms with Gasteiger partial charge in [0.2, 0.25) is 0 Å². The first kappa shape index (κ1) is 30.7. The Labute approximate surface area is 245 Å². The van der Waals surface area contributed by atoms with E-state index in [-0.39, 0.29) is 11.5 Å². The monoisotopic (exact) mass is 572 g/mol. The van der Waals surface area contributed by atoms with Crippen molar-refractivity contribution in [3.63, 3.8) is 0 Å². The average Bonchev–Trinajstić information content (AvgIpc) is 3.30. The fourth-order valence-electron chi connectivity index (χ4n) is 10.5. The van der Waals surface area contributed by atoms with E-state index in [9.17, 15) is 18.0 Å². The highest BCUT2D eigenvalue weighted by Crippen LogP contribution is 2.68. The lowest BCUT2D eigenvalue weighted by Gasteiger charge is -2.61. The highest BCUT2D eigenvalue weighted by atomic mass is 19.2. The Morgan fingerprint density at radius 1 is 0.927 bits per heavy atom. The first-order valence-corrected chi connectivity index (χ1v) is 16.5. The topological polar surface area (TPSA) is 26.3 Å². The molecule has 4 fully saturated rings. The van der Waals surface area contributed by atoms with Crippen LogP contribution in [-0.2, 0) is 9.53 Å². The number of fused-ring (bicyclic) bond motifs is 5. The van der Waals surface area contributed by atoms with Gasteiger partial charge >= 0.3 is 5.97 Å². The number of esters is 1. The molecule has 228 valence electrons. The number of hydrogen-bond donors (Lipinski definition) is 0. The second-order valence-electron chi connectivity index (χ2n) is 14.9. The molecule has 0 aliphatic heterocycles. The highest BCUT2D eigenvalue weighted by molar-refractivity contribution is 5.87. The van der Waals surface area contributed by atoms with Crippen molar-refractivity contribution in [2.24, 2.45) is 52.3 Å². The molecule has 0 amide bonds. The average molecular weight is 573 g/mol. The van der Waals surface area contributed by atoms with Gasteiger partial charge in [-0.3, -0.25) is 0 Å². The molecule has 5 heteroatoms. The Kier molecular flexibility index (Phi) is 9.31. The zero-order valence-corrected chi connectivity index (χ0v) is 25.7. The summed E-state index contributed by atoms with van der Waals surface area (Å²) < 4.78 is 45.2. The van der Waals surface area contributed by atoms with Crippen LogP contribution >= 0.6 is 0 Å². The molecule has 4 saturated carbocycles. The van der Waals surface area contributed by atoms with E-state index in [1.165, 1.54) is 76.7 Å². The molecular formula is C36H51F3O2. The minimum atomic E-state index is -1.52. The highest BCUT2D eigenvalue weighted by Gasteiger charge is 2.60. The zero-order valence-electron chi connectivity index (χ0n) is 25.7. The number of carbonyl (C=O) groups excluding carboxylic acids is 1. The van der Waals surface area contributed by atoms with Gasteiger partial charge in [-0.05, 0) is 134 Å². The maximum absolute atomic E-state index is 13.4. The second-order valence-corrected chi connectivity index (χ2v) is 14.9. The van der Waals surface area contributed by atoms with Crippen molar-refractivity contribution in [3.05, 3.63) is 41.2 Å². The predicted molar refractivity (Wildman–Crippen MR) is 158 cm³/mol. The zero-order chi connectivity index (χ0) is 29.4. The smallest absolute Gasteiger partial charge is 0.330 e. The normalized spacial score (nSPS) is 36.3. The van der Waals surface area contributed by atoms with E-state index >= 15 is 0 Å². The van der Waals surface area contributed by atoms with Gasteiger partial charge in [-0.2, -0.15) is 0 Å². The van der Waals surface area contributed by atoms with Gasteiger partial charge in [0, 0.05) is 6.08 Å². The van der Waals surface area contributed by atoms with E-state index in [2.05, 4.69) is 27.7 Å². The molecule has 4 aliphatic rings. The molecule has 4 aliphatic carbocycles. The van der Waals surface area contributed by atoms with Crippen LogP contribution < -0.4 is 0 Å². The summed E-state index contributed by atoms with van der Waals surface area (Å²) in [6, 6.07) is 1.71. The third kappa shape index (κ3) is 6.16. The molecule has 5 rings (SSSR count). The molecule has 2 nitrogen and oxygen atoms in total. The lowest BCUT2D eigenvalue weighted by molar-refractivity contribution is -0.138. The van der Waals surface area contributed by atoms with Crippen molar-refractivity contribution < 1.29 is 22.7 Å². The number of hydrogen-bond acceptors (Lipinski definition) is 2. The molecule has 0 spiro atoms. The SMILES string of the molecule is CC(CCC[C@@H](C)[C@H]1CC[C@H]2[C@@H]3CCC4CCCC[C@]4(C)[C@H]3CC[C@]12C)COC(=O)C=Cc1cc(F)c(F)c(F)c1. The third-order valence-electron chi connectivity index (χ3n) is 12.6. The van der Waals surface area contributed by atoms with Crippen molar-refractivity contribution in [1.82, 2.24) is 0 Å². The summed E-state index contributed by atoms with van der Waals surface area (Å²) in [4.78, 5) is 12.1. The van der Waals surface area contributed by atoms with Crippen molar-refractivity contribution in [1.29, 1.82) is 0 Å². The van der Waals surface area contributed by atoms with Crippen LogP contribution in [0.1, 0.15) is 117 Å². The van der Waals surface area contributed by atoms with Crippen LogP contribution in [0.15, 0.2) is 18.2 Å². The lowest BCUT2D eigenvalue weighted by atomic mass is 9.44. The van der Waals surface area contributed by atoms with Gasteiger partial charge in [0.25, 0.3) is 0 Å². The van der Waals surface area contributed by atoms with Crippen molar-refractivity contribution in [2.45, 2.75) is 111 Å². The largest absolute Gasteiger partial charge is 0.462 e. The Morgan fingerprint density at radius 3 is 2.41 bits per heavy atom. The molecule has 2 unspecified atom stereocenters. The van der Waals surface area contributed by atoms with Crippen LogP contribution in [0.2, 0.25) is 0 Å². The van der Waals surface area contributed by atoms with Gasteiger partial charge in [0.1, 0.15) is 0 Å². The van der Waals surface area contributed by atoms with E-state index in [0.29, 0.717) is 17.4 Å². The Morgan fingerprint density at radius 2 is 1.66 bits per heavy atom. The molecule has 9 atom stereocenters. The Hall–Kier alpha value is -1.78. The van der Waals surface area contributed by atoms with Crippen LogP contribution in [0, 0.1) is 69.7 Å². The molecular weight excluding hydrogens is 521 g/mol. The second kappa shape index (κ2) is 12.4. The van der Waals surface area contributed by atoms with Gasteiger partial charge in [0.15, 0.2) is 17.5 Å². The molecule has 0 aromatic heterocycles. The third-order valence-corrected chi connectivity index (χ3v) is 12.6. The summed E-state index contributed by atoms with van der Waals surface area (Å²) in [5, 5.41) is 0. The summed E-state index contributed by atoms with van der Waals surface area (Å²) in [6.45, 7) is 10.2. The van der Waals surface area contributed by atoms with Crippen LogP contribution in [-0.4, -0.2) is 12.6 Å². The first-order valence-electron chi connectivity index (χ1n) is 16.5. The number of ether oxygens (including phenoxy) is 1. The minimum Gasteiger partial charge on any atom is -0.462 e. The minimum absolute atomic E-state index is 0.0765. The number of benzene rings is 1. The molecule has 0 N–H and O–H groups in total. The Bertz CT molecular complexity index is 1090. The standard InChI is InChI=1S/C36H51F3O2/c1-23(22-41-33(40)16-11-25-20-31(37)34(39)32(38)21-25)8-7-9-24(2)28-14-15-29-27-13-12-26-10-5-6-18-35(26,3)30(27)17-19-36(28,29)4/h11,16,20-21,23-24,26-30H,5-10,12-15,17-19,22H2,1-4H3/t23?,24-,26?,27+,28-,29+,30+,35+,36-/m1/s1. The number of halogens is 3. The molecule has 0 heterocycles. The molecule has 0 saturated heterocycles. The van der Waals surface area contributed by atoms with Gasteiger partial charge in [-0.25, -0.2) is 18.0 Å². The summed E-state index contributed by atoms with van der Waals surface area (Å²) in [7, 11) is 0. The predicted octanol–water partition coefficient (Wildman–Crippen LogP) is 10.2. The van der Waals surface area contributed by atoms with Crippen LogP contribution in [0.5, 0.6) is 0 Å².